The molecule has 0 spiro atoms. The molecule has 1 nitrogen and oxygen atoms in total. The first-order valence-corrected chi connectivity index (χ1v) is 6.45. The molecule has 3 fully saturated rings. The molecule has 5 atom stereocenters. The average Bonchev–Trinajstić information content (AvgIpc) is 2.68. The summed E-state index contributed by atoms with van der Waals surface area (Å²) in [6, 6.07) is 0. The van der Waals surface area contributed by atoms with Gasteiger partial charge in [-0.2, -0.15) is 0 Å². The molecule has 3 aliphatic carbocycles. The molecule has 0 heterocycles. The second-order valence-corrected chi connectivity index (χ2v) is 6.06. The van der Waals surface area contributed by atoms with Gasteiger partial charge in [0.1, 0.15) is 0 Å². The van der Waals surface area contributed by atoms with Crippen molar-refractivity contribution in [2.24, 2.45) is 23.7 Å². The van der Waals surface area contributed by atoms with Gasteiger partial charge in [-0.25, -0.2) is 0 Å². The fourth-order valence-corrected chi connectivity index (χ4v) is 4.51. The monoisotopic (exact) mass is 266 g/mol. The number of hydrogen-bond donors (Lipinski definition) is 0. The molecule has 0 aromatic carbocycles. The van der Waals surface area contributed by atoms with Gasteiger partial charge < -0.3 is 29.6 Å². The molecular weight excluding hydrogens is 251 g/mol. The summed E-state index contributed by atoms with van der Waals surface area (Å²) in [6.45, 7) is 0. The predicted octanol–water partition coefficient (Wildman–Crippen LogP) is -0.336. The van der Waals surface area contributed by atoms with Crippen molar-refractivity contribution < 1.29 is 56.1 Å². The summed E-state index contributed by atoms with van der Waals surface area (Å²) in [6.07, 6.45) is 7.32. The van der Waals surface area contributed by atoms with Crippen molar-refractivity contribution in [1.29, 1.82) is 0 Å². The Morgan fingerprint density at radius 1 is 1.13 bits per heavy atom. The van der Waals surface area contributed by atoms with E-state index in [4.69, 9.17) is 29.6 Å². The van der Waals surface area contributed by atoms with Gasteiger partial charge in [-0.05, 0) is 49.4 Å². The van der Waals surface area contributed by atoms with Gasteiger partial charge in [0, 0.05) is 4.38 Å². The summed E-state index contributed by atoms with van der Waals surface area (Å²) < 4.78 is 5.93. The topological polar surface area (TPSA) is 9.23 Å². The molecule has 0 N–H and O–H groups in total. The van der Waals surface area contributed by atoms with Crippen LogP contribution in [0.15, 0.2) is 0 Å². The zero-order valence-electron chi connectivity index (χ0n) is 9.15. The van der Waals surface area contributed by atoms with Gasteiger partial charge in [-0.1, -0.05) is 6.42 Å². The third kappa shape index (κ3) is 2.33. The van der Waals surface area contributed by atoms with Crippen molar-refractivity contribution in [2.75, 3.05) is 0 Å². The van der Waals surface area contributed by atoms with Crippen LogP contribution in [0.5, 0.6) is 0 Å². The minimum Gasteiger partial charge on any atom is -0.510 e. The molecule has 0 saturated heterocycles. The van der Waals surface area contributed by atoms with Crippen LogP contribution in [0.25, 0.3) is 0 Å². The second kappa shape index (κ2) is 5.17. The fraction of sp³-hybridized carbons (Fsp3) is 0.909. The van der Waals surface area contributed by atoms with Crippen LogP contribution in [0.3, 0.4) is 0 Å². The van der Waals surface area contributed by atoms with Gasteiger partial charge in [0.25, 0.3) is 0 Å². The first-order chi connectivity index (χ1) is 6.75. The molecule has 1 unspecified atom stereocenters. The van der Waals surface area contributed by atoms with Crippen LogP contribution >= 0.6 is 12.2 Å². The van der Waals surface area contributed by atoms with Crippen LogP contribution in [0.4, 0.5) is 0 Å². The second-order valence-electron chi connectivity index (χ2n) is 5.06. The molecule has 3 saturated carbocycles. The molecule has 0 radical (unpaired) electrons. The summed E-state index contributed by atoms with van der Waals surface area (Å²) in [5.74, 6) is 3.69. The van der Waals surface area contributed by atoms with E-state index in [9.17, 15) is 0 Å². The van der Waals surface area contributed by atoms with Crippen LogP contribution in [0.1, 0.15) is 32.1 Å². The number of ether oxygens (including phenoxy) is 1. The molecule has 15 heavy (non-hydrogen) atoms. The minimum atomic E-state index is 0. The van der Waals surface area contributed by atoms with Crippen molar-refractivity contribution in [1.82, 2.24) is 0 Å². The van der Waals surface area contributed by atoms with E-state index in [1.54, 1.807) is 0 Å². The zero-order valence-corrected chi connectivity index (χ0v) is 13.9. The Balaban J connectivity index is 0.000000853. The zero-order chi connectivity index (χ0) is 9.71. The maximum Gasteiger partial charge on any atom is 1.00 e. The van der Waals surface area contributed by atoms with Crippen molar-refractivity contribution in [3.05, 3.63) is 0 Å². The van der Waals surface area contributed by atoms with Gasteiger partial charge in [-0.3, -0.25) is 0 Å². The summed E-state index contributed by atoms with van der Waals surface area (Å²) in [7, 11) is 0. The van der Waals surface area contributed by atoms with E-state index in [1.807, 2.05) is 0 Å². The van der Waals surface area contributed by atoms with Crippen molar-refractivity contribution >= 4 is 29.2 Å². The van der Waals surface area contributed by atoms with E-state index in [0.29, 0.717) is 10.5 Å². The van der Waals surface area contributed by atoms with E-state index in [-0.39, 0.29) is 51.4 Å². The number of fused-ring (bicyclic) bond motifs is 5. The van der Waals surface area contributed by atoms with Crippen LogP contribution < -0.4 is 51.4 Å². The molecule has 78 valence electrons. The largest absolute Gasteiger partial charge is 1.00 e. The third-order valence-electron chi connectivity index (χ3n) is 4.62. The van der Waals surface area contributed by atoms with Crippen LogP contribution in [-0.2, 0) is 17.4 Å². The summed E-state index contributed by atoms with van der Waals surface area (Å²) in [5.41, 5.74) is 0. The van der Waals surface area contributed by atoms with E-state index in [2.05, 4.69) is 0 Å². The number of rotatable bonds is 1. The van der Waals surface area contributed by atoms with Gasteiger partial charge in [0.05, 0.1) is 6.10 Å². The molecule has 2 bridgehead atoms. The van der Waals surface area contributed by atoms with Crippen molar-refractivity contribution in [3.8, 4) is 0 Å². The van der Waals surface area contributed by atoms with E-state index >= 15 is 0 Å². The Bertz CT molecular complexity index is 271. The van der Waals surface area contributed by atoms with Gasteiger partial charge in [0.15, 0.2) is 0 Å². The quantitative estimate of drug-likeness (QED) is 0.365. The Kier molecular flexibility index (Phi) is 4.54. The first-order valence-electron chi connectivity index (χ1n) is 5.63. The SMILES string of the molecule is S=C([S-])O[C@H]1C[C@H]2C[C@@H]1[C@@H]1CCCC21.[K+]. The predicted molar refractivity (Wildman–Crippen MR) is 61.9 cm³/mol. The number of hydrogen-bond acceptors (Lipinski definition) is 3. The normalized spacial score (nSPS) is 46.0. The van der Waals surface area contributed by atoms with Crippen LogP contribution in [0, 0.1) is 23.7 Å². The minimum absolute atomic E-state index is 0. The molecule has 0 aliphatic heterocycles. The number of thiocarbonyl (C=S) groups is 1. The Morgan fingerprint density at radius 2 is 1.87 bits per heavy atom. The Labute approximate surface area is 145 Å². The molecule has 0 aromatic rings. The van der Waals surface area contributed by atoms with Crippen molar-refractivity contribution in [2.45, 2.75) is 38.2 Å². The Morgan fingerprint density at radius 3 is 2.60 bits per heavy atom. The average molecular weight is 266 g/mol. The molecule has 4 heteroatoms. The maximum absolute atomic E-state index is 5.60. The molecule has 3 rings (SSSR count). The van der Waals surface area contributed by atoms with Crippen LogP contribution in [0.2, 0.25) is 0 Å². The van der Waals surface area contributed by atoms with Gasteiger partial charge in [0.2, 0.25) is 0 Å². The van der Waals surface area contributed by atoms with Gasteiger partial charge in [-0.15, -0.1) is 0 Å². The standard InChI is InChI=1S/C11H16OS2.K/c13-11(14)12-10-5-6-4-9(10)8-3-1-2-7(6)8;/h6-10H,1-5H2,(H,13,14);/q;+1/p-1/t6-,7?,8-,9-,10+;/m1./s1. The van der Waals surface area contributed by atoms with Crippen molar-refractivity contribution in [3.63, 3.8) is 0 Å². The van der Waals surface area contributed by atoms with E-state index in [0.717, 1.165) is 23.7 Å². The maximum atomic E-state index is 5.60. The fourth-order valence-electron chi connectivity index (χ4n) is 4.26. The Hall–Kier alpha value is 1.75. The third-order valence-corrected chi connectivity index (χ3v) is 4.81. The summed E-state index contributed by atoms with van der Waals surface area (Å²) in [5, 5.41) is 0. The molecule has 0 aromatic heterocycles. The molecular formula is C11H15KOS2. The molecule has 0 amide bonds. The van der Waals surface area contributed by atoms with E-state index in [1.165, 1.54) is 32.1 Å². The first kappa shape index (κ1) is 13.2. The smallest absolute Gasteiger partial charge is 0.510 e. The van der Waals surface area contributed by atoms with Crippen LogP contribution in [-0.4, -0.2) is 10.5 Å². The van der Waals surface area contributed by atoms with Gasteiger partial charge >= 0.3 is 51.4 Å². The summed E-state index contributed by atoms with van der Waals surface area (Å²) in [4.78, 5) is 0. The summed E-state index contributed by atoms with van der Waals surface area (Å²) >= 11 is 9.72. The molecule has 3 aliphatic rings. The van der Waals surface area contributed by atoms with E-state index < -0.39 is 0 Å².